The molecular weight excluding hydrogens is 528 g/mol. The lowest BCUT2D eigenvalue weighted by Gasteiger charge is -2.22. The molecule has 0 aromatic heterocycles. The highest BCUT2D eigenvalue weighted by molar-refractivity contribution is 6.38. The van der Waals surface area contributed by atoms with Crippen LogP contribution in [-0.4, -0.2) is 9.85 Å². The Balaban J connectivity index is 3.01. The number of hydrogen-bond acceptors (Lipinski definition) is 5. The first-order chi connectivity index (χ1) is 14.8. The zero-order valence-corrected chi connectivity index (χ0v) is 16.4. The van der Waals surface area contributed by atoms with E-state index >= 15 is 0 Å². The lowest BCUT2D eigenvalue weighted by atomic mass is 10.0. The number of non-ortho nitro benzene ring substituents is 1. The Morgan fingerprint density at radius 3 is 1.61 bits per heavy atom. The fourth-order valence-electron chi connectivity index (χ4n) is 2.57. The van der Waals surface area contributed by atoms with Gasteiger partial charge in [-0.2, -0.15) is 39.5 Å². The van der Waals surface area contributed by atoms with E-state index in [4.69, 9.17) is 23.2 Å². The van der Waals surface area contributed by atoms with Crippen molar-refractivity contribution < 1.29 is 49.4 Å². The van der Waals surface area contributed by atoms with Crippen molar-refractivity contribution in [3.8, 4) is 0 Å². The molecule has 0 aliphatic carbocycles. The molecule has 0 atom stereocenters. The van der Waals surface area contributed by atoms with E-state index in [9.17, 15) is 59.7 Å². The molecule has 0 radical (unpaired) electrons. The summed E-state index contributed by atoms with van der Waals surface area (Å²) in [5, 5.41) is 20.0. The SMILES string of the molecule is O=[N+]([O-])c1cc([N+](=O)[O-])c(Nc2c(C(F)(F)F)cc(Cl)c(C(F)(F)F)c2Cl)c(C(F)(F)F)c1. The maximum absolute atomic E-state index is 13.5. The average Bonchev–Trinajstić information content (AvgIpc) is 2.60. The Hall–Kier alpha value is -3.01. The van der Waals surface area contributed by atoms with E-state index in [-0.39, 0.29) is 18.2 Å². The van der Waals surface area contributed by atoms with E-state index in [0.717, 1.165) is 0 Å². The van der Waals surface area contributed by atoms with Gasteiger partial charge in [0.05, 0.1) is 48.3 Å². The lowest BCUT2D eigenvalue weighted by Crippen LogP contribution is -2.17. The fourth-order valence-corrected chi connectivity index (χ4v) is 3.28. The van der Waals surface area contributed by atoms with Gasteiger partial charge in [0.25, 0.3) is 11.4 Å². The molecule has 7 nitrogen and oxygen atoms in total. The zero-order chi connectivity index (χ0) is 25.7. The summed E-state index contributed by atoms with van der Waals surface area (Å²) >= 11 is 10.7. The largest absolute Gasteiger partial charge is 0.419 e. The second-order valence-electron chi connectivity index (χ2n) is 5.99. The number of nitrogens with zero attached hydrogens (tertiary/aromatic N) is 2. The van der Waals surface area contributed by atoms with Crippen LogP contribution in [0, 0.1) is 20.2 Å². The van der Waals surface area contributed by atoms with Gasteiger partial charge < -0.3 is 5.32 Å². The van der Waals surface area contributed by atoms with E-state index in [1.54, 1.807) is 0 Å². The number of nitrogens with one attached hydrogen (secondary N) is 1. The second kappa shape index (κ2) is 8.40. The topological polar surface area (TPSA) is 98.3 Å². The highest BCUT2D eigenvalue weighted by atomic mass is 35.5. The standard InChI is InChI=1S/C15H4Cl2F9N3O4/c16-7-3-6(14(21,22)23)12(10(17)9(7)15(24,25)26)27-11-5(13(18,19)20)1-4(28(30)31)2-8(11)29(32)33/h1-3,27H. The summed E-state index contributed by atoms with van der Waals surface area (Å²) in [4.78, 5) is 19.0. The number of hydrogen-bond donors (Lipinski definition) is 1. The van der Waals surface area contributed by atoms with Crippen molar-refractivity contribution in [1.29, 1.82) is 0 Å². The normalized spacial score (nSPS) is 12.6. The van der Waals surface area contributed by atoms with Crippen LogP contribution in [0.4, 0.5) is 62.3 Å². The molecule has 0 saturated heterocycles. The van der Waals surface area contributed by atoms with E-state index in [2.05, 4.69) is 0 Å². The van der Waals surface area contributed by atoms with Gasteiger partial charge in [-0.1, -0.05) is 23.2 Å². The van der Waals surface area contributed by atoms with Crippen molar-refractivity contribution in [2.24, 2.45) is 0 Å². The summed E-state index contributed by atoms with van der Waals surface area (Å²) in [6.07, 6.45) is -16.7. The summed E-state index contributed by atoms with van der Waals surface area (Å²) in [6, 6.07) is -0.570. The number of anilines is 2. The molecule has 0 bridgehead atoms. The molecule has 2 aromatic rings. The van der Waals surface area contributed by atoms with Gasteiger partial charge >= 0.3 is 18.5 Å². The minimum absolute atomic E-state index is 0.0284. The molecule has 18 heteroatoms. The molecular formula is C15H4Cl2F9N3O4. The molecule has 0 unspecified atom stereocenters. The Bertz CT molecular complexity index is 1150. The molecule has 0 saturated carbocycles. The Morgan fingerprint density at radius 2 is 1.21 bits per heavy atom. The van der Waals surface area contributed by atoms with E-state index in [0.29, 0.717) is 0 Å². The van der Waals surface area contributed by atoms with Crippen LogP contribution in [0.15, 0.2) is 18.2 Å². The molecule has 0 spiro atoms. The van der Waals surface area contributed by atoms with Crippen LogP contribution in [-0.2, 0) is 18.5 Å². The van der Waals surface area contributed by atoms with Crippen molar-refractivity contribution in [1.82, 2.24) is 0 Å². The van der Waals surface area contributed by atoms with Crippen molar-refractivity contribution in [3.05, 3.63) is 65.2 Å². The molecule has 33 heavy (non-hydrogen) atoms. The van der Waals surface area contributed by atoms with E-state index in [1.807, 2.05) is 0 Å². The first-order valence-electron chi connectivity index (χ1n) is 7.74. The van der Waals surface area contributed by atoms with Gasteiger partial charge in [0.1, 0.15) is 5.69 Å². The minimum Gasteiger partial charge on any atom is -0.348 e. The lowest BCUT2D eigenvalue weighted by molar-refractivity contribution is -0.394. The number of alkyl halides is 9. The van der Waals surface area contributed by atoms with Gasteiger partial charge in [-0.05, 0) is 6.07 Å². The summed E-state index contributed by atoms with van der Waals surface area (Å²) < 4.78 is 120. The third kappa shape index (κ3) is 5.32. The molecule has 0 amide bonds. The predicted molar refractivity (Wildman–Crippen MR) is 94.5 cm³/mol. The molecule has 1 N–H and O–H groups in total. The number of nitro groups is 2. The van der Waals surface area contributed by atoms with Crippen LogP contribution in [0.5, 0.6) is 0 Å². The summed E-state index contributed by atoms with van der Waals surface area (Å²) in [5.41, 5.74) is -13.3. The Labute approximate surface area is 185 Å². The fraction of sp³-hybridized carbons (Fsp3) is 0.200. The van der Waals surface area contributed by atoms with Gasteiger partial charge in [-0.25, -0.2) is 0 Å². The van der Waals surface area contributed by atoms with Gasteiger partial charge in [0, 0.05) is 6.07 Å². The smallest absolute Gasteiger partial charge is 0.348 e. The number of rotatable bonds is 4. The molecule has 0 fully saturated rings. The molecule has 0 heterocycles. The zero-order valence-electron chi connectivity index (χ0n) is 14.9. The molecule has 2 aromatic carbocycles. The van der Waals surface area contributed by atoms with Crippen molar-refractivity contribution >= 4 is 46.0 Å². The van der Waals surface area contributed by atoms with Crippen LogP contribution in [0.1, 0.15) is 16.7 Å². The maximum atomic E-state index is 13.5. The predicted octanol–water partition coefficient (Wildman–Crippen LogP) is 7.61. The first-order valence-corrected chi connectivity index (χ1v) is 8.49. The third-order valence-corrected chi connectivity index (χ3v) is 4.55. The van der Waals surface area contributed by atoms with Crippen LogP contribution < -0.4 is 5.32 Å². The van der Waals surface area contributed by atoms with E-state index < -0.39 is 77.9 Å². The van der Waals surface area contributed by atoms with E-state index in [1.165, 1.54) is 5.32 Å². The van der Waals surface area contributed by atoms with Crippen molar-refractivity contribution in [2.45, 2.75) is 18.5 Å². The monoisotopic (exact) mass is 531 g/mol. The molecule has 180 valence electrons. The summed E-state index contributed by atoms with van der Waals surface area (Å²) in [7, 11) is 0. The number of halogens is 11. The van der Waals surface area contributed by atoms with Gasteiger partial charge in [0.2, 0.25) is 0 Å². The van der Waals surface area contributed by atoms with Crippen LogP contribution in [0.3, 0.4) is 0 Å². The average molecular weight is 532 g/mol. The highest BCUT2D eigenvalue weighted by Gasteiger charge is 2.45. The van der Waals surface area contributed by atoms with Crippen molar-refractivity contribution in [3.63, 3.8) is 0 Å². The Morgan fingerprint density at radius 1 is 0.727 bits per heavy atom. The van der Waals surface area contributed by atoms with Crippen LogP contribution in [0.2, 0.25) is 10.0 Å². The summed E-state index contributed by atoms with van der Waals surface area (Å²) in [6.45, 7) is 0. The minimum atomic E-state index is -5.64. The van der Waals surface area contributed by atoms with Crippen LogP contribution >= 0.6 is 23.2 Å². The maximum Gasteiger partial charge on any atom is 0.419 e. The molecule has 2 rings (SSSR count). The third-order valence-electron chi connectivity index (χ3n) is 3.87. The van der Waals surface area contributed by atoms with Gasteiger partial charge in [0.15, 0.2) is 0 Å². The second-order valence-corrected chi connectivity index (χ2v) is 6.78. The first kappa shape index (κ1) is 26.2. The highest BCUT2D eigenvalue weighted by Crippen LogP contribution is 2.51. The van der Waals surface area contributed by atoms with Crippen LogP contribution in [0.25, 0.3) is 0 Å². The van der Waals surface area contributed by atoms with Gasteiger partial charge in [-0.3, -0.25) is 20.2 Å². The summed E-state index contributed by atoms with van der Waals surface area (Å²) in [5.74, 6) is 0. The number of nitro benzene ring substituents is 2. The number of benzene rings is 2. The van der Waals surface area contributed by atoms with Crippen molar-refractivity contribution in [2.75, 3.05) is 5.32 Å². The quantitative estimate of drug-likeness (QED) is 0.248. The molecule has 0 aliphatic rings. The molecule has 0 aliphatic heterocycles. The Kier molecular flexibility index (Phi) is 6.68. The van der Waals surface area contributed by atoms with Gasteiger partial charge in [-0.15, -0.1) is 0 Å².